The number of ether oxygens (including phenoxy) is 1. The highest BCUT2D eigenvalue weighted by molar-refractivity contribution is 7.91. The molecule has 1 aromatic rings. The van der Waals surface area contributed by atoms with Crippen molar-refractivity contribution in [3.05, 3.63) is 35.4 Å². The van der Waals surface area contributed by atoms with Crippen molar-refractivity contribution in [1.82, 2.24) is 9.80 Å². The van der Waals surface area contributed by atoms with E-state index in [1.807, 2.05) is 6.07 Å². The Balaban J connectivity index is 1.41. The molecule has 1 amide bonds. The van der Waals surface area contributed by atoms with Crippen LogP contribution in [-0.4, -0.2) is 75.8 Å². The van der Waals surface area contributed by atoms with E-state index in [1.54, 1.807) is 29.2 Å². The maximum absolute atomic E-state index is 12.5. The van der Waals surface area contributed by atoms with Crippen LogP contribution in [0.1, 0.15) is 30.4 Å². The molecule has 7 nitrogen and oxygen atoms in total. The zero-order chi connectivity index (χ0) is 20.7. The highest BCUT2D eigenvalue weighted by atomic mass is 32.2. The second-order valence-electron chi connectivity index (χ2n) is 7.91. The van der Waals surface area contributed by atoms with Crippen molar-refractivity contribution < 1.29 is 17.9 Å². The summed E-state index contributed by atoms with van der Waals surface area (Å²) in [5.41, 5.74) is 1.08. The third-order valence-electron chi connectivity index (χ3n) is 5.74. The van der Waals surface area contributed by atoms with Crippen LogP contribution in [0.3, 0.4) is 0 Å². The quantitative estimate of drug-likeness (QED) is 0.664. The van der Waals surface area contributed by atoms with Crippen LogP contribution in [0.5, 0.6) is 0 Å². The van der Waals surface area contributed by atoms with Crippen LogP contribution in [0.4, 0.5) is 0 Å². The molecule has 2 aliphatic rings. The summed E-state index contributed by atoms with van der Waals surface area (Å²) in [7, 11) is -3.53. The van der Waals surface area contributed by atoms with Crippen LogP contribution < -0.4 is 0 Å². The molecule has 2 aliphatic heterocycles. The molecular weight excluding hydrogens is 390 g/mol. The zero-order valence-corrected chi connectivity index (χ0v) is 17.6. The molecule has 0 saturated carbocycles. The van der Waals surface area contributed by atoms with E-state index in [4.69, 9.17) is 10.00 Å². The van der Waals surface area contributed by atoms with Crippen molar-refractivity contribution in [2.45, 2.75) is 25.0 Å². The summed E-state index contributed by atoms with van der Waals surface area (Å²) in [6.45, 7) is 5.95. The number of hydrogen-bond acceptors (Lipinski definition) is 6. The monoisotopic (exact) mass is 419 g/mol. The lowest BCUT2D eigenvalue weighted by Gasteiger charge is -2.34. The molecule has 2 fully saturated rings. The van der Waals surface area contributed by atoms with E-state index in [0.717, 1.165) is 52.1 Å². The molecular formula is C21H29N3O4S. The standard InChI is InChI=1S/C21H29N3O4S/c22-15-19-1-3-20(4-2-19)16-29(26,27)17-21(25)24-9-6-18(7-10-24)5-8-23-11-13-28-14-12-23/h1-4,18H,5-14,16-17H2. The van der Waals surface area contributed by atoms with E-state index in [2.05, 4.69) is 4.90 Å². The largest absolute Gasteiger partial charge is 0.379 e. The molecule has 0 spiro atoms. The van der Waals surface area contributed by atoms with Crippen LogP contribution in [-0.2, 0) is 25.1 Å². The minimum absolute atomic E-state index is 0.180. The Labute approximate surface area is 173 Å². The number of carbonyl (C=O) groups is 1. The molecule has 2 heterocycles. The number of morpholine rings is 1. The maximum atomic E-state index is 12.5. The van der Waals surface area contributed by atoms with Crippen molar-refractivity contribution >= 4 is 15.7 Å². The van der Waals surface area contributed by atoms with Gasteiger partial charge in [-0.1, -0.05) is 12.1 Å². The summed E-state index contributed by atoms with van der Waals surface area (Å²) >= 11 is 0. The van der Waals surface area contributed by atoms with Crippen LogP contribution >= 0.6 is 0 Å². The van der Waals surface area contributed by atoms with E-state index >= 15 is 0 Å². The second-order valence-corrected chi connectivity index (χ2v) is 9.97. The highest BCUT2D eigenvalue weighted by Crippen LogP contribution is 2.21. The van der Waals surface area contributed by atoms with E-state index in [9.17, 15) is 13.2 Å². The first-order chi connectivity index (χ1) is 13.9. The van der Waals surface area contributed by atoms with Crippen molar-refractivity contribution in [1.29, 1.82) is 5.26 Å². The summed E-state index contributed by atoms with van der Waals surface area (Å²) in [5, 5.41) is 8.82. The molecule has 0 unspecified atom stereocenters. The van der Waals surface area contributed by atoms with Gasteiger partial charge in [0.15, 0.2) is 9.84 Å². The summed E-state index contributed by atoms with van der Waals surface area (Å²) in [5.74, 6) is -0.339. The third-order valence-corrected chi connectivity index (χ3v) is 7.20. The Morgan fingerprint density at radius 1 is 1.10 bits per heavy atom. The number of likely N-dealkylation sites (tertiary alicyclic amines) is 1. The van der Waals surface area contributed by atoms with E-state index in [0.29, 0.717) is 30.1 Å². The molecule has 0 aliphatic carbocycles. The first kappa shape index (κ1) is 21.8. The van der Waals surface area contributed by atoms with Gasteiger partial charge in [-0.05, 0) is 49.4 Å². The van der Waals surface area contributed by atoms with Crippen molar-refractivity contribution in [3.63, 3.8) is 0 Å². The molecule has 158 valence electrons. The highest BCUT2D eigenvalue weighted by Gasteiger charge is 2.27. The predicted octanol–water partition coefficient (Wildman–Crippen LogP) is 1.43. The normalized spacial score (nSPS) is 19.1. The lowest BCUT2D eigenvalue weighted by atomic mass is 9.93. The van der Waals surface area contributed by atoms with Crippen molar-refractivity contribution in [3.8, 4) is 6.07 Å². The van der Waals surface area contributed by atoms with Gasteiger partial charge in [0, 0.05) is 26.2 Å². The van der Waals surface area contributed by atoms with Crippen LogP contribution in [0.15, 0.2) is 24.3 Å². The average molecular weight is 420 g/mol. The third kappa shape index (κ3) is 6.81. The number of sulfone groups is 1. The molecule has 0 radical (unpaired) electrons. The number of nitriles is 1. The average Bonchev–Trinajstić information content (AvgIpc) is 2.73. The zero-order valence-electron chi connectivity index (χ0n) is 16.8. The van der Waals surface area contributed by atoms with Gasteiger partial charge in [-0.25, -0.2) is 8.42 Å². The molecule has 3 rings (SSSR count). The van der Waals surface area contributed by atoms with Crippen molar-refractivity contribution in [2.75, 3.05) is 51.7 Å². The Morgan fingerprint density at radius 2 is 1.76 bits per heavy atom. The Kier molecular flexibility index (Phi) is 7.64. The Morgan fingerprint density at radius 3 is 2.38 bits per heavy atom. The fraction of sp³-hybridized carbons (Fsp3) is 0.619. The Bertz CT molecular complexity index is 818. The maximum Gasteiger partial charge on any atom is 0.237 e. The topological polar surface area (TPSA) is 90.7 Å². The summed E-state index contributed by atoms with van der Waals surface area (Å²) in [6.07, 6.45) is 3.00. The van der Waals surface area contributed by atoms with Gasteiger partial charge in [-0.2, -0.15) is 5.26 Å². The molecule has 0 N–H and O–H groups in total. The van der Waals surface area contributed by atoms with E-state index < -0.39 is 15.6 Å². The second kappa shape index (κ2) is 10.2. The summed E-state index contributed by atoms with van der Waals surface area (Å²) in [4.78, 5) is 16.6. The van der Waals surface area contributed by atoms with Crippen LogP contribution in [0.2, 0.25) is 0 Å². The number of amides is 1. The summed E-state index contributed by atoms with van der Waals surface area (Å²) < 4.78 is 30.2. The van der Waals surface area contributed by atoms with Crippen LogP contribution in [0.25, 0.3) is 0 Å². The van der Waals surface area contributed by atoms with Crippen molar-refractivity contribution in [2.24, 2.45) is 5.92 Å². The molecule has 2 saturated heterocycles. The molecule has 0 bridgehead atoms. The molecule has 0 atom stereocenters. The fourth-order valence-electron chi connectivity index (χ4n) is 3.92. The first-order valence-corrected chi connectivity index (χ1v) is 12.0. The summed E-state index contributed by atoms with van der Waals surface area (Å²) in [6, 6.07) is 8.44. The van der Waals surface area contributed by atoms with Gasteiger partial charge in [-0.3, -0.25) is 9.69 Å². The van der Waals surface area contributed by atoms with E-state index in [1.165, 1.54) is 0 Å². The van der Waals surface area contributed by atoms with Gasteiger partial charge < -0.3 is 9.64 Å². The minimum Gasteiger partial charge on any atom is -0.379 e. The SMILES string of the molecule is N#Cc1ccc(CS(=O)(=O)CC(=O)N2CCC(CCN3CCOCC3)CC2)cc1. The molecule has 29 heavy (non-hydrogen) atoms. The van der Waals surface area contributed by atoms with Gasteiger partial charge in [0.05, 0.1) is 30.6 Å². The molecule has 8 heteroatoms. The van der Waals surface area contributed by atoms with Gasteiger partial charge in [0.25, 0.3) is 0 Å². The minimum atomic E-state index is -3.53. The van der Waals surface area contributed by atoms with Gasteiger partial charge in [-0.15, -0.1) is 0 Å². The fourth-order valence-corrected chi connectivity index (χ4v) is 5.28. The number of nitrogens with zero attached hydrogens (tertiary/aromatic N) is 3. The number of hydrogen-bond donors (Lipinski definition) is 0. The van der Waals surface area contributed by atoms with E-state index in [-0.39, 0.29) is 11.7 Å². The number of piperidine rings is 1. The molecule has 1 aromatic carbocycles. The number of benzene rings is 1. The van der Waals surface area contributed by atoms with Crippen LogP contribution in [0, 0.1) is 17.2 Å². The van der Waals surface area contributed by atoms with Gasteiger partial charge in [0.1, 0.15) is 5.75 Å². The first-order valence-electron chi connectivity index (χ1n) is 10.2. The predicted molar refractivity (Wildman–Crippen MR) is 110 cm³/mol. The lowest BCUT2D eigenvalue weighted by molar-refractivity contribution is -0.129. The Hall–Kier alpha value is -1.95. The van der Waals surface area contributed by atoms with Gasteiger partial charge in [0.2, 0.25) is 5.91 Å². The smallest absolute Gasteiger partial charge is 0.237 e. The number of rotatable bonds is 7. The number of carbonyl (C=O) groups excluding carboxylic acids is 1. The lowest BCUT2D eigenvalue weighted by Crippen LogP contribution is -2.42. The molecule has 0 aromatic heterocycles. The van der Waals surface area contributed by atoms with Gasteiger partial charge >= 0.3 is 0 Å².